The monoisotopic (exact) mass is 446 g/mol. The highest BCUT2D eigenvalue weighted by Gasteiger charge is 2.35. The second kappa shape index (κ2) is 9.92. The van der Waals surface area contributed by atoms with Gasteiger partial charge in [-0.1, -0.05) is 43.3 Å². The van der Waals surface area contributed by atoms with Crippen molar-refractivity contribution < 1.29 is 14.3 Å². The number of hydrogen-bond acceptors (Lipinski definition) is 4. The van der Waals surface area contributed by atoms with Gasteiger partial charge in [-0.15, -0.1) is 11.8 Å². The van der Waals surface area contributed by atoms with Crippen LogP contribution in [0.4, 0.5) is 11.4 Å². The Kier molecular flexibility index (Phi) is 6.81. The van der Waals surface area contributed by atoms with Crippen LogP contribution in [0.1, 0.15) is 40.7 Å². The molecule has 32 heavy (non-hydrogen) atoms. The Morgan fingerprint density at radius 2 is 1.75 bits per heavy atom. The summed E-state index contributed by atoms with van der Waals surface area (Å²) in [5.41, 5.74) is 4.32. The third-order valence-electron chi connectivity index (χ3n) is 5.37. The number of benzene rings is 3. The smallest absolute Gasteiger partial charge is 0.255 e. The van der Waals surface area contributed by atoms with Crippen LogP contribution in [0.2, 0.25) is 0 Å². The average molecular weight is 447 g/mol. The molecule has 0 aromatic heterocycles. The van der Waals surface area contributed by atoms with Gasteiger partial charge in [0.1, 0.15) is 11.1 Å². The Morgan fingerprint density at radius 1 is 1.03 bits per heavy atom. The molecule has 0 bridgehead atoms. The molecular formula is C26H26N2O3S. The molecule has 0 radical (unpaired) electrons. The summed E-state index contributed by atoms with van der Waals surface area (Å²) in [5.74, 6) is 1.03. The summed E-state index contributed by atoms with van der Waals surface area (Å²) < 4.78 is 5.75. The van der Waals surface area contributed by atoms with Gasteiger partial charge in [0.15, 0.2) is 0 Å². The SMILES string of the molecule is CCOc1ccccc1N1C(=O)CSC1c1ccc(NC(=O)c2ccc(CC)cc2)cc1. The number of carbonyl (C=O) groups excluding carboxylic acids is 2. The number of anilines is 2. The second-order valence-corrected chi connectivity index (χ2v) is 8.52. The number of para-hydroxylation sites is 2. The molecule has 1 N–H and O–H groups in total. The normalized spacial score (nSPS) is 15.6. The number of carbonyl (C=O) groups is 2. The zero-order chi connectivity index (χ0) is 22.5. The van der Waals surface area contributed by atoms with E-state index in [0.29, 0.717) is 29.4 Å². The molecule has 1 aliphatic rings. The van der Waals surface area contributed by atoms with Gasteiger partial charge in [-0.2, -0.15) is 0 Å². The minimum atomic E-state index is -0.143. The predicted molar refractivity (Wildman–Crippen MR) is 131 cm³/mol. The predicted octanol–water partition coefficient (Wildman–Crippen LogP) is 5.68. The lowest BCUT2D eigenvalue weighted by atomic mass is 10.1. The topological polar surface area (TPSA) is 58.6 Å². The number of nitrogens with zero attached hydrogens (tertiary/aromatic N) is 1. The number of hydrogen-bond donors (Lipinski definition) is 1. The van der Waals surface area contributed by atoms with Gasteiger partial charge in [-0.05, 0) is 60.9 Å². The highest BCUT2D eigenvalue weighted by atomic mass is 32.2. The van der Waals surface area contributed by atoms with E-state index in [1.54, 1.807) is 16.7 Å². The number of nitrogens with one attached hydrogen (secondary N) is 1. The van der Waals surface area contributed by atoms with Gasteiger partial charge < -0.3 is 10.1 Å². The lowest BCUT2D eigenvalue weighted by molar-refractivity contribution is -0.115. The number of amides is 2. The van der Waals surface area contributed by atoms with E-state index in [2.05, 4.69) is 12.2 Å². The molecule has 1 saturated heterocycles. The van der Waals surface area contributed by atoms with E-state index in [4.69, 9.17) is 4.74 Å². The zero-order valence-corrected chi connectivity index (χ0v) is 19.0. The molecule has 3 aromatic rings. The van der Waals surface area contributed by atoms with Crippen molar-refractivity contribution >= 4 is 35.0 Å². The molecule has 1 fully saturated rings. The van der Waals surface area contributed by atoms with Crippen molar-refractivity contribution in [2.75, 3.05) is 22.6 Å². The molecule has 0 saturated carbocycles. The quantitative estimate of drug-likeness (QED) is 0.507. The van der Waals surface area contributed by atoms with E-state index >= 15 is 0 Å². The van der Waals surface area contributed by atoms with E-state index in [1.807, 2.05) is 79.7 Å². The minimum absolute atomic E-state index is 0.0556. The molecule has 2 amide bonds. The molecule has 1 atom stereocenters. The van der Waals surface area contributed by atoms with E-state index in [9.17, 15) is 9.59 Å². The van der Waals surface area contributed by atoms with Crippen LogP contribution in [0.3, 0.4) is 0 Å². The van der Waals surface area contributed by atoms with E-state index in [1.165, 1.54) is 5.56 Å². The van der Waals surface area contributed by atoms with Crippen LogP contribution in [0.25, 0.3) is 0 Å². The molecular weight excluding hydrogens is 420 g/mol. The fraction of sp³-hybridized carbons (Fsp3) is 0.231. The molecule has 0 spiro atoms. The molecule has 1 unspecified atom stereocenters. The summed E-state index contributed by atoms with van der Waals surface area (Å²) in [5, 5.41) is 2.80. The largest absolute Gasteiger partial charge is 0.492 e. The Labute approximate surface area is 192 Å². The lowest BCUT2D eigenvalue weighted by Crippen LogP contribution is -2.28. The third kappa shape index (κ3) is 4.65. The van der Waals surface area contributed by atoms with Crippen LogP contribution in [-0.4, -0.2) is 24.2 Å². The fourth-order valence-electron chi connectivity index (χ4n) is 3.69. The first-order chi connectivity index (χ1) is 15.6. The van der Waals surface area contributed by atoms with Gasteiger partial charge in [-0.3, -0.25) is 14.5 Å². The fourth-order valence-corrected chi connectivity index (χ4v) is 4.86. The first-order valence-corrected chi connectivity index (χ1v) is 11.8. The van der Waals surface area contributed by atoms with Gasteiger partial charge in [0, 0.05) is 11.3 Å². The molecule has 1 aliphatic heterocycles. The Bertz CT molecular complexity index is 1100. The van der Waals surface area contributed by atoms with Gasteiger partial charge in [0.25, 0.3) is 5.91 Å². The molecule has 1 heterocycles. The highest BCUT2D eigenvalue weighted by molar-refractivity contribution is 8.00. The summed E-state index contributed by atoms with van der Waals surface area (Å²) in [7, 11) is 0. The zero-order valence-electron chi connectivity index (χ0n) is 18.2. The van der Waals surface area contributed by atoms with Crippen molar-refractivity contribution in [2.45, 2.75) is 25.6 Å². The molecule has 0 aliphatic carbocycles. The van der Waals surface area contributed by atoms with Gasteiger partial charge in [-0.25, -0.2) is 0 Å². The lowest BCUT2D eigenvalue weighted by Gasteiger charge is -2.26. The van der Waals surface area contributed by atoms with Crippen molar-refractivity contribution in [3.05, 3.63) is 89.5 Å². The molecule has 6 heteroatoms. The van der Waals surface area contributed by atoms with Crippen LogP contribution in [0, 0.1) is 0 Å². The Balaban J connectivity index is 1.51. The van der Waals surface area contributed by atoms with Crippen molar-refractivity contribution in [2.24, 2.45) is 0 Å². The average Bonchev–Trinajstić information content (AvgIpc) is 3.21. The maximum atomic E-state index is 12.7. The highest BCUT2D eigenvalue weighted by Crippen LogP contribution is 2.44. The standard InChI is InChI=1S/C26H26N2O3S/c1-3-18-9-11-19(12-10-18)25(30)27-21-15-13-20(14-16-21)26-28(24(29)17-32-26)22-7-5-6-8-23(22)31-4-2/h5-16,26H,3-4,17H2,1-2H3,(H,27,30). The van der Waals surface area contributed by atoms with Crippen molar-refractivity contribution in [1.82, 2.24) is 0 Å². The Hall–Kier alpha value is -3.25. The molecule has 164 valence electrons. The summed E-state index contributed by atoms with van der Waals surface area (Å²) in [6.45, 7) is 4.55. The van der Waals surface area contributed by atoms with Crippen LogP contribution in [-0.2, 0) is 11.2 Å². The van der Waals surface area contributed by atoms with Gasteiger partial charge >= 0.3 is 0 Å². The summed E-state index contributed by atoms with van der Waals surface area (Å²) in [6.07, 6.45) is 0.942. The molecule has 3 aromatic carbocycles. The second-order valence-electron chi connectivity index (χ2n) is 7.45. The van der Waals surface area contributed by atoms with Gasteiger partial charge in [0.2, 0.25) is 5.91 Å². The first kappa shape index (κ1) is 22.0. The number of ether oxygens (including phenoxy) is 1. The van der Waals surface area contributed by atoms with Crippen molar-refractivity contribution in [3.63, 3.8) is 0 Å². The minimum Gasteiger partial charge on any atom is -0.492 e. The Morgan fingerprint density at radius 3 is 2.44 bits per heavy atom. The van der Waals surface area contributed by atoms with Gasteiger partial charge in [0.05, 0.1) is 18.0 Å². The van der Waals surface area contributed by atoms with E-state index in [0.717, 1.165) is 17.7 Å². The molecule has 5 nitrogen and oxygen atoms in total. The number of thioether (sulfide) groups is 1. The maximum absolute atomic E-state index is 12.7. The first-order valence-electron chi connectivity index (χ1n) is 10.8. The van der Waals surface area contributed by atoms with Crippen molar-refractivity contribution in [1.29, 1.82) is 0 Å². The van der Waals surface area contributed by atoms with Crippen LogP contribution >= 0.6 is 11.8 Å². The van der Waals surface area contributed by atoms with Crippen LogP contribution < -0.4 is 15.0 Å². The maximum Gasteiger partial charge on any atom is 0.255 e. The third-order valence-corrected chi connectivity index (χ3v) is 6.58. The molecule has 4 rings (SSSR count). The number of rotatable bonds is 7. The number of aryl methyl sites for hydroxylation is 1. The summed E-state index contributed by atoms with van der Waals surface area (Å²) in [4.78, 5) is 27.1. The summed E-state index contributed by atoms with van der Waals surface area (Å²) in [6, 6.07) is 22.9. The van der Waals surface area contributed by atoms with Crippen molar-refractivity contribution in [3.8, 4) is 5.75 Å². The van der Waals surface area contributed by atoms with E-state index < -0.39 is 0 Å². The van der Waals surface area contributed by atoms with Crippen LogP contribution in [0.5, 0.6) is 5.75 Å². The van der Waals surface area contributed by atoms with E-state index in [-0.39, 0.29) is 17.2 Å². The summed E-state index contributed by atoms with van der Waals surface area (Å²) >= 11 is 1.59. The van der Waals surface area contributed by atoms with Crippen LogP contribution in [0.15, 0.2) is 72.8 Å².